The third-order valence-corrected chi connectivity index (χ3v) is 3.17. The van der Waals surface area contributed by atoms with Gasteiger partial charge in [0.25, 0.3) is 0 Å². The van der Waals surface area contributed by atoms with Gasteiger partial charge < -0.3 is 10.1 Å². The van der Waals surface area contributed by atoms with Crippen LogP contribution in [0, 0.1) is 13.8 Å². The number of aromatic nitrogens is 1. The molecule has 0 saturated heterocycles. The molecule has 1 N–H and O–H groups in total. The lowest BCUT2D eigenvalue weighted by Crippen LogP contribution is -2.11. The first-order valence-electron chi connectivity index (χ1n) is 5.59. The zero-order chi connectivity index (χ0) is 12.1. The second kappa shape index (κ2) is 5.68. The molecule has 1 aromatic heterocycles. The molecule has 0 atom stereocenters. The molecule has 0 unspecified atom stereocenters. The van der Waals surface area contributed by atoms with Crippen molar-refractivity contribution in [3.8, 4) is 5.75 Å². The minimum Gasteiger partial charge on any atom is -0.492 e. The van der Waals surface area contributed by atoms with Gasteiger partial charge in [0.05, 0.1) is 12.2 Å². The molecule has 3 nitrogen and oxygen atoms in total. The number of nitrogens with one attached hydrogen (secondary N) is 1. The SMILES string of the molecule is Cc1cccc(OCCNc2nc(C)cs2)c1. The molecule has 0 aliphatic carbocycles. The summed E-state index contributed by atoms with van der Waals surface area (Å²) in [6.45, 7) is 5.46. The van der Waals surface area contributed by atoms with Crippen molar-refractivity contribution in [3.63, 3.8) is 0 Å². The molecule has 4 heteroatoms. The molecular weight excluding hydrogens is 232 g/mol. The Morgan fingerprint density at radius 1 is 1.35 bits per heavy atom. The Kier molecular flexibility index (Phi) is 3.98. The Morgan fingerprint density at radius 2 is 2.24 bits per heavy atom. The van der Waals surface area contributed by atoms with Crippen LogP contribution < -0.4 is 10.1 Å². The monoisotopic (exact) mass is 248 g/mol. The first-order chi connectivity index (χ1) is 8.24. The van der Waals surface area contributed by atoms with Crippen LogP contribution in [0.3, 0.4) is 0 Å². The van der Waals surface area contributed by atoms with Crippen LogP contribution in [0.2, 0.25) is 0 Å². The standard InChI is InChI=1S/C13H16N2OS/c1-10-4-3-5-12(8-10)16-7-6-14-13-15-11(2)9-17-13/h3-5,8-9H,6-7H2,1-2H3,(H,14,15). The van der Waals surface area contributed by atoms with E-state index in [0.29, 0.717) is 6.61 Å². The average molecular weight is 248 g/mol. The summed E-state index contributed by atoms with van der Waals surface area (Å²) in [6, 6.07) is 8.07. The van der Waals surface area contributed by atoms with Gasteiger partial charge in [-0.25, -0.2) is 4.98 Å². The smallest absolute Gasteiger partial charge is 0.182 e. The summed E-state index contributed by atoms with van der Waals surface area (Å²) in [4.78, 5) is 4.32. The van der Waals surface area contributed by atoms with E-state index in [1.807, 2.05) is 30.5 Å². The van der Waals surface area contributed by atoms with Crippen LogP contribution in [-0.2, 0) is 0 Å². The number of hydrogen-bond acceptors (Lipinski definition) is 4. The van der Waals surface area contributed by atoms with Crippen molar-refractivity contribution < 1.29 is 4.74 Å². The van der Waals surface area contributed by atoms with Crippen LogP contribution >= 0.6 is 11.3 Å². The second-order valence-corrected chi connectivity index (χ2v) is 4.74. The predicted octanol–water partition coefficient (Wildman–Crippen LogP) is 3.25. The van der Waals surface area contributed by atoms with Crippen molar-refractivity contribution in [1.29, 1.82) is 0 Å². The van der Waals surface area contributed by atoms with Gasteiger partial charge in [-0.3, -0.25) is 0 Å². The molecule has 0 fully saturated rings. The summed E-state index contributed by atoms with van der Waals surface area (Å²) < 4.78 is 5.63. The lowest BCUT2D eigenvalue weighted by molar-refractivity contribution is 0.332. The number of nitrogens with zero attached hydrogens (tertiary/aromatic N) is 1. The molecular formula is C13H16N2OS. The van der Waals surface area contributed by atoms with Gasteiger partial charge in [-0.1, -0.05) is 12.1 Å². The minimum atomic E-state index is 0.641. The molecule has 0 amide bonds. The Bertz CT molecular complexity index is 482. The lowest BCUT2D eigenvalue weighted by atomic mass is 10.2. The number of rotatable bonds is 5. The van der Waals surface area contributed by atoms with Gasteiger partial charge in [-0.2, -0.15) is 0 Å². The summed E-state index contributed by atoms with van der Waals surface area (Å²) in [7, 11) is 0. The van der Waals surface area contributed by atoms with Crippen LogP contribution in [0.4, 0.5) is 5.13 Å². The number of aryl methyl sites for hydroxylation is 2. The van der Waals surface area contributed by atoms with Crippen LogP contribution in [0.15, 0.2) is 29.6 Å². The van der Waals surface area contributed by atoms with Gasteiger partial charge in [0.1, 0.15) is 12.4 Å². The Labute approximate surface area is 105 Å². The van der Waals surface area contributed by atoms with E-state index < -0.39 is 0 Å². The van der Waals surface area contributed by atoms with E-state index >= 15 is 0 Å². The third-order valence-electron chi connectivity index (χ3n) is 2.26. The predicted molar refractivity (Wildman–Crippen MR) is 72.0 cm³/mol. The fourth-order valence-corrected chi connectivity index (χ4v) is 2.18. The van der Waals surface area contributed by atoms with Crippen LogP contribution in [0.1, 0.15) is 11.3 Å². The maximum atomic E-state index is 5.63. The highest BCUT2D eigenvalue weighted by Gasteiger charge is 1.97. The van der Waals surface area contributed by atoms with E-state index in [0.717, 1.165) is 23.1 Å². The highest BCUT2D eigenvalue weighted by Crippen LogP contribution is 2.14. The van der Waals surface area contributed by atoms with Crippen molar-refractivity contribution in [3.05, 3.63) is 40.9 Å². The normalized spacial score (nSPS) is 10.2. The maximum Gasteiger partial charge on any atom is 0.182 e. The van der Waals surface area contributed by atoms with Gasteiger partial charge in [0, 0.05) is 5.38 Å². The van der Waals surface area contributed by atoms with Crippen LogP contribution in [-0.4, -0.2) is 18.1 Å². The molecule has 17 heavy (non-hydrogen) atoms. The summed E-state index contributed by atoms with van der Waals surface area (Å²) in [6.07, 6.45) is 0. The molecule has 0 aliphatic heterocycles. The minimum absolute atomic E-state index is 0.641. The number of hydrogen-bond donors (Lipinski definition) is 1. The fourth-order valence-electron chi connectivity index (χ4n) is 1.47. The molecule has 1 aromatic carbocycles. The zero-order valence-electron chi connectivity index (χ0n) is 10.1. The lowest BCUT2D eigenvalue weighted by Gasteiger charge is -2.07. The van der Waals surface area contributed by atoms with E-state index in [9.17, 15) is 0 Å². The first kappa shape index (κ1) is 11.9. The molecule has 90 valence electrons. The van der Waals surface area contributed by atoms with Crippen molar-refractivity contribution in [2.75, 3.05) is 18.5 Å². The highest BCUT2D eigenvalue weighted by molar-refractivity contribution is 7.13. The fraction of sp³-hybridized carbons (Fsp3) is 0.308. The highest BCUT2D eigenvalue weighted by atomic mass is 32.1. The molecule has 0 bridgehead atoms. The number of ether oxygens (including phenoxy) is 1. The Hall–Kier alpha value is -1.55. The zero-order valence-corrected chi connectivity index (χ0v) is 10.9. The largest absolute Gasteiger partial charge is 0.492 e. The van der Waals surface area contributed by atoms with Crippen LogP contribution in [0.5, 0.6) is 5.75 Å². The Morgan fingerprint density at radius 3 is 2.94 bits per heavy atom. The van der Waals surface area contributed by atoms with Crippen molar-refractivity contribution in [2.24, 2.45) is 0 Å². The van der Waals surface area contributed by atoms with Gasteiger partial charge in [-0.15, -0.1) is 11.3 Å². The van der Waals surface area contributed by atoms with Crippen LogP contribution in [0.25, 0.3) is 0 Å². The summed E-state index contributed by atoms with van der Waals surface area (Å²) in [5.41, 5.74) is 2.27. The molecule has 0 spiro atoms. The molecule has 0 saturated carbocycles. The van der Waals surface area contributed by atoms with E-state index in [4.69, 9.17) is 4.74 Å². The van der Waals surface area contributed by atoms with Crippen molar-refractivity contribution in [2.45, 2.75) is 13.8 Å². The van der Waals surface area contributed by atoms with Crippen molar-refractivity contribution in [1.82, 2.24) is 4.98 Å². The summed E-state index contributed by atoms with van der Waals surface area (Å²) in [5, 5.41) is 6.22. The number of benzene rings is 1. The van der Waals surface area contributed by atoms with Gasteiger partial charge in [-0.05, 0) is 31.5 Å². The first-order valence-corrected chi connectivity index (χ1v) is 6.47. The number of thiazole rings is 1. The van der Waals surface area contributed by atoms with Gasteiger partial charge >= 0.3 is 0 Å². The molecule has 2 rings (SSSR count). The molecule has 1 heterocycles. The number of anilines is 1. The van der Waals surface area contributed by atoms with E-state index in [-0.39, 0.29) is 0 Å². The van der Waals surface area contributed by atoms with Crippen molar-refractivity contribution >= 4 is 16.5 Å². The third kappa shape index (κ3) is 3.75. The van der Waals surface area contributed by atoms with E-state index in [1.165, 1.54) is 5.56 Å². The maximum absolute atomic E-state index is 5.63. The van der Waals surface area contributed by atoms with Gasteiger partial charge in [0.2, 0.25) is 0 Å². The quantitative estimate of drug-likeness (QED) is 0.825. The average Bonchev–Trinajstić information content (AvgIpc) is 2.71. The second-order valence-electron chi connectivity index (χ2n) is 3.89. The van der Waals surface area contributed by atoms with Gasteiger partial charge in [0.15, 0.2) is 5.13 Å². The Balaban J connectivity index is 1.73. The molecule has 2 aromatic rings. The molecule has 0 radical (unpaired) electrons. The van der Waals surface area contributed by atoms with E-state index in [1.54, 1.807) is 11.3 Å². The topological polar surface area (TPSA) is 34.1 Å². The summed E-state index contributed by atoms with van der Waals surface area (Å²) in [5.74, 6) is 0.919. The molecule has 0 aliphatic rings. The van der Waals surface area contributed by atoms with E-state index in [2.05, 4.69) is 23.3 Å². The summed E-state index contributed by atoms with van der Waals surface area (Å²) >= 11 is 1.62.